The van der Waals surface area contributed by atoms with Gasteiger partial charge in [0.15, 0.2) is 11.8 Å². The van der Waals surface area contributed by atoms with Crippen LogP contribution in [0.3, 0.4) is 0 Å². The van der Waals surface area contributed by atoms with Gasteiger partial charge in [-0.3, -0.25) is 0 Å². The molecule has 0 spiro atoms. The minimum atomic E-state index is -0.188. The van der Waals surface area contributed by atoms with Crippen molar-refractivity contribution in [1.82, 2.24) is 0 Å². The molecule has 2 heteroatoms. The molecule has 1 aromatic carbocycles. The van der Waals surface area contributed by atoms with E-state index >= 15 is 0 Å². The minimum absolute atomic E-state index is 0.0316. The first-order chi connectivity index (χ1) is 6.38. The summed E-state index contributed by atoms with van der Waals surface area (Å²) < 4.78 is 13.3. The van der Waals surface area contributed by atoms with E-state index in [4.69, 9.17) is 0 Å². The Morgan fingerprint density at radius 2 is 1.93 bits per heavy atom. The lowest BCUT2D eigenvalue weighted by molar-refractivity contribution is -0.533. The Hall–Kier alpha value is -1.18. The zero-order valence-electron chi connectivity index (χ0n) is 9.19. The number of nitrogens with one attached hydrogen (secondary N) is 1. The van der Waals surface area contributed by atoms with E-state index in [1.165, 1.54) is 6.07 Å². The number of hydrogen-bond donors (Lipinski definition) is 1. The van der Waals surface area contributed by atoms with Crippen molar-refractivity contribution in [3.8, 4) is 0 Å². The molecule has 0 aromatic heterocycles. The molecule has 0 saturated carbocycles. The van der Waals surface area contributed by atoms with Crippen LogP contribution in [-0.2, 0) is 0 Å². The van der Waals surface area contributed by atoms with Crippen LogP contribution < -0.4 is 4.99 Å². The zero-order valence-corrected chi connectivity index (χ0v) is 9.19. The molecular weight excluding hydrogens is 177 g/mol. The van der Waals surface area contributed by atoms with Crippen LogP contribution in [0.15, 0.2) is 18.2 Å². The fraction of sp³-hybridized carbons (Fsp3) is 0.417. The molecule has 0 atom stereocenters. The topological polar surface area (TPSA) is 14.0 Å². The predicted octanol–water partition coefficient (Wildman–Crippen LogP) is 1.43. The first-order valence-corrected chi connectivity index (χ1v) is 4.75. The lowest BCUT2D eigenvalue weighted by Crippen LogP contribution is -2.81. The molecule has 1 N–H and O–H groups in total. The van der Waals surface area contributed by atoms with Gasteiger partial charge in [-0.2, -0.15) is 0 Å². The van der Waals surface area contributed by atoms with Gasteiger partial charge in [0, 0.05) is 0 Å². The Morgan fingerprint density at radius 1 is 1.29 bits per heavy atom. The fourth-order valence-corrected chi connectivity index (χ4v) is 1.07. The summed E-state index contributed by atoms with van der Waals surface area (Å²) in [6.07, 6.45) is 1.72. The highest BCUT2D eigenvalue weighted by Crippen LogP contribution is 2.06. The summed E-state index contributed by atoms with van der Waals surface area (Å²) >= 11 is 0. The second kappa shape index (κ2) is 3.91. The molecule has 76 valence electrons. The zero-order chi connectivity index (χ0) is 10.8. The van der Waals surface area contributed by atoms with Crippen molar-refractivity contribution in [3.05, 3.63) is 35.1 Å². The second-order valence-electron chi connectivity index (χ2n) is 4.56. The molecule has 1 aromatic rings. The van der Waals surface area contributed by atoms with E-state index < -0.39 is 0 Å². The van der Waals surface area contributed by atoms with Crippen molar-refractivity contribution < 1.29 is 9.38 Å². The standard InChI is InChI=1S/C12H16FN/c1-9-5-6-11(13)10(7-9)8-14-12(2,3)4/h5-8H,1-4H3/p+1. The SMILES string of the molecule is Cc1ccc(F)c(C=[NH+]C(C)(C)C)c1. The van der Waals surface area contributed by atoms with Gasteiger partial charge < -0.3 is 0 Å². The first kappa shape index (κ1) is 10.9. The van der Waals surface area contributed by atoms with Gasteiger partial charge in [-0.05, 0) is 39.8 Å². The van der Waals surface area contributed by atoms with Gasteiger partial charge in [0.25, 0.3) is 0 Å². The quantitative estimate of drug-likeness (QED) is 0.650. The van der Waals surface area contributed by atoms with Crippen LogP contribution in [-0.4, -0.2) is 11.8 Å². The summed E-state index contributed by atoms with van der Waals surface area (Å²) in [5.41, 5.74) is 1.64. The smallest absolute Gasteiger partial charge is 0.172 e. The minimum Gasteiger partial charge on any atom is -0.243 e. The molecule has 0 fully saturated rings. The van der Waals surface area contributed by atoms with E-state index in [2.05, 4.69) is 4.99 Å². The summed E-state index contributed by atoms with van der Waals surface area (Å²) in [5.74, 6) is -0.188. The van der Waals surface area contributed by atoms with Crippen LogP contribution in [0.25, 0.3) is 0 Å². The summed E-state index contributed by atoms with van der Waals surface area (Å²) in [6, 6.07) is 5.09. The Kier molecular flexibility index (Phi) is 3.04. The number of halogens is 1. The number of benzene rings is 1. The van der Waals surface area contributed by atoms with E-state index in [-0.39, 0.29) is 11.4 Å². The van der Waals surface area contributed by atoms with Crippen molar-refractivity contribution in [2.24, 2.45) is 0 Å². The average Bonchev–Trinajstić information content (AvgIpc) is 2.05. The highest BCUT2D eigenvalue weighted by molar-refractivity contribution is 5.75. The van der Waals surface area contributed by atoms with Gasteiger partial charge in [-0.15, -0.1) is 0 Å². The molecule has 0 aliphatic heterocycles. The van der Waals surface area contributed by atoms with Crippen molar-refractivity contribution in [1.29, 1.82) is 0 Å². The Balaban J connectivity index is 2.97. The van der Waals surface area contributed by atoms with Crippen LogP contribution in [0.4, 0.5) is 4.39 Å². The van der Waals surface area contributed by atoms with E-state index in [1.54, 1.807) is 12.3 Å². The van der Waals surface area contributed by atoms with Gasteiger partial charge >= 0.3 is 0 Å². The molecular formula is C12H17FN+. The highest BCUT2D eigenvalue weighted by atomic mass is 19.1. The summed E-state index contributed by atoms with van der Waals surface area (Å²) in [5, 5.41) is 0. The van der Waals surface area contributed by atoms with Crippen LogP contribution in [0.2, 0.25) is 0 Å². The third-order valence-corrected chi connectivity index (χ3v) is 1.81. The van der Waals surface area contributed by atoms with Gasteiger partial charge in [-0.25, -0.2) is 9.38 Å². The molecule has 0 aliphatic rings. The molecule has 0 unspecified atom stereocenters. The maximum atomic E-state index is 13.3. The van der Waals surface area contributed by atoms with E-state index in [1.807, 2.05) is 33.8 Å². The largest absolute Gasteiger partial charge is 0.243 e. The van der Waals surface area contributed by atoms with Gasteiger partial charge in [-0.1, -0.05) is 11.6 Å². The van der Waals surface area contributed by atoms with Crippen LogP contribution in [0, 0.1) is 12.7 Å². The van der Waals surface area contributed by atoms with Crippen molar-refractivity contribution >= 4 is 6.21 Å². The average molecular weight is 194 g/mol. The predicted molar refractivity (Wildman–Crippen MR) is 57.0 cm³/mol. The van der Waals surface area contributed by atoms with Crippen LogP contribution in [0.1, 0.15) is 31.9 Å². The third kappa shape index (κ3) is 3.29. The highest BCUT2D eigenvalue weighted by Gasteiger charge is 2.12. The van der Waals surface area contributed by atoms with E-state index in [9.17, 15) is 4.39 Å². The fourth-order valence-electron chi connectivity index (χ4n) is 1.07. The van der Waals surface area contributed by atoms with Crippen molar-refractivity contribution in [2.75, 3.05) is 0 Å². The monoisotopic (exact) mass is 194 g/mol. The van der Waals surface area contributed by atoms with Gasteiger partial charge in [0.2, 0.25) is 0 Å². The Morgan fingerprint density at radius 3 is 2.50 bits per heavy atom. The third-order valence-electron chi connectivity index (χ3n) is 1.81. The Bertz CT molecular complexity index is 348. The summed E-state index contributed by atoms with van der Waals surface area (Å²) in [4.78, 5) is 3.14. The molecule has 0 amide bonds. The molecule has 1 nitrogen and oxygen atoms in total. The van der Waals surface area contributed by atoms with Crippen molar-refractivity contribution in [3.63, 3.8) is 0 Å². The lowest BCUT2D eigenvalue weighted by atomic mass is 10.1. The number of rotatable bonds is 1. The van der Waals surface area contributed by atoms with Gasteiger partial charge in [0.05, 0.1) is 5.56 Å². The first-order valence-electron chi connectivity index (χ1n) is 4.75. The molecule has 0 aliphatic carbocycles. The van der Waals surface area contributed by atoms with E-state index in [0.29, 0.717) is 5.56 Å². The van der Waals surface area contributed by atoms with Crippen LogP contribution in [0.5, 0.6) is 0 Å². The molecule has 1 rings (SSSR count). The molecule has 0 saturated heterocycles. The molecule has 14 heavy (non-hydrogen) atoms. The number of hydrogen-bond acceptors (Lipinski definition) is 0. The van der Waals surface area contributed by atoms with Crippen molar-refractivity contribution in [2.45, 2.75) is 33.2 Å². The lowest BCUT2D eigenvalue weighted by Gasteiger charge is -2.04. The second-order valence-corrected chi connectivity index (χ2v) is 4.56. The van der Waals surface area contributed by atoms with Gasteiger partial charge in [0.1, 0.15) is 5.82 Å². The maximum absolute atomic E-state index is 13.3. The summed E-state index contributed by atoms with van der Waals surface area (Å²) in [6.45, 7) is 8.07. The van der Waals surface area contributed by atoms with E-state index in [0.717, 1.165) is 5.56 Å². The molecule has 0 bridgehead atoms. The maximum Gasteiger partial charge on any atom is 0.172 e. The molecule has 0 heterocycles. The molecule has 0 radical (unpaired) electrons. The number of aryl methyl sites for hydroxylation is 1. The summed E-state index contributed by atoms with van der Waals surface area (Å²) in [7, 11) is 0. The Labute approximate surface area is 84.7 Å². The normalized spacial score (nSPS) is 12.4. The van der Waals surface area contributed by atoms with Crippen LogP contribution >= 0.6 is 0 Å².